The summed E-state index contributed by atoms with van der Waals surface area (Å²) >= 11 is 0. The topological polar surface area (TPSA) is 73.3 Å². The van der Waals surface area contributed by atoms with Crippen molar-refractivity contribution in [2.24, 2.45) is 0 Å². The van der Waals surface area contributed by atoms with Gasteiger partial charge >= 0.3 is 0 Å². The van der Waals surface area contributed by atoms with Crippen LogP contribution in [0, 0.1) is 0 Å². The molecule has 10 nitrogen and oxygen atoms in total. The van der Waals surface area contributed by atoms with Gasteiger partial charge in [0.05, 0.1) is 22.1 Å². The van der Waals surface area contributed by atoms with Gasteiger partial charge in [-0.1, -0.05) is 24.3 Å². The van der Waals surface area contributed by atoms with E-state index < -0.39 is 0 Å². The first-order valence-electron chi connectivity index (χ1n) is 14.6. The summed E-state index contributed by atoms with van der Waals surface area (Å²) in [4.78, 5) is 28.7. The van der Waals surface area contributed by atoms with Crippen LogP contribution in [-0.2, 0) is 0 Å². The first-order valence-corrected chi connectivity index (χ1v) is 14.6. The minimum absolute atomic E-state index is 0.865. The van der Waals surface area contributed by atoms with E-state index in [1.807, 2.05) is 66.2 Å². The van der Waals surface area contributed by atoms with E-state index in [2.05, 4.69) is 79.5 Å². The van der Waals surface area contributed by atoms with Crippen molar-refractivity contribution in [1.29, 1.82) is 0 Å². The van der Waals surface area contributed by atoms with Gasteiger partial charge in [-0.15, -0.1) is 0 Å². The first-order chi connectivity index (χ1) is 21.1. The molecular weight excluding hydrogens is 548 g/mol. The van der Waals surface area contributed by atoms with Crippen LogP contribution in [0.4, 0.5) is 23.3 Å². The molecule has 0 unspecified atom stereocenters. The lowest BCUT2D eigenvalue weighted by atomic mass is 10.0. The van der Waals surface area contributed by atoms with E-state index in [1.165, 1.54) is 0 Å². The zero-order valence-corrected chi connectivity index (χ0v) is 26.2. The van der Waals surface area contributed by atoms with Gasteiger partial charge in [-0.2, -0.15) is 0 Å². The number of nitrogens with zero attached hydrogens (tertiary/aromatic N) is 10. The molecule has 0 aliphatic carbocycles. The Kier molecular flexibility index (Phi) is 5.41. The van der Waals surface area contributed by atoms with Gasteiger partial charge in [0, 0.05) is 108 Å². The molecular formula is C34H34N10. The molecule has 0 fully saturated rings. The van der Waals surface area contributed by atoms with Crippen molar-refractivity contribution in [3.63, 3.8) is 0 Å². The van der Waals surface area contributed by atoms with Crippen LogP contribution < -0.4 is 19.6 Å². The van der Waals surface area contributed by atoms with Crippen molar-refractivity contribution in [3.05, 3.63) is 60.9 Å². The Labute approximate surface area is 254 Å². The standard InChI is InChI=1S/C34H34N10/c1-39(2)31-33(41(5)6)43-17-22-13-20-11-9-19-10-12-21-14-23-18-44-27(38-32(40(3)4)34(44)42(7)8)16-25(23)36-30(21)28(19)29(20)35-24(22)15-26(43)37-31/h9-18H,1-8H3. The second-order valence-electron chi connectivity index (χ2n) is 12.4. The van der Waals surface area contributed by atoms with Crippen LogP contribution in [0.1, 0.15) is 0 Å². The number of aromatic nitrogens is 6. The van der Waals surface area contributed by atoms with Gasteiger partial charge in [0.1, 0.15) is 11.3 Å². The molecule has 2 aromatic carbocycles. The van der Waals surface area contributed by atoms with Crippen LogP contribution in [0.15, 0.2) is 60.9 Å². The molecule has 10 heteroatoms. The van der Waals surface area contributed by atoms with Crippen molar-refractivity contribution in [1.82, 2.24) is 28.7 Å². The van der Waals surface area contributed by atoms with Crippen LogP contribution in [0.25, 0.3) is 65.7 Å². The summed E-state index contributed by atoms with van der Waals surface area (Å²) in [7, 11) is 16.3. The lowest BCUT2D eigenvalue weighted by Crippen LogP contribution is -2.17. The monoisotopic (exact) mass is 582 g/mol. The Morgan fingerprint density at radius 1 is 0.455 bits per heavy atom. The van der Waals surface area contributed by atoms with Crippen molar-refractivity contribution in [3.8, 4) is 0 Å². The largest absolute Gasteiger partial charge is 0.361 e. The van der Waals surface area contributed by atoms with E-state index >= 15 is 0 Å². The van der Waals surface area contributed by atoms with Gasteiger partial charge in [-0.05, 0) is 17.5 Å². The SMILES string of the molecule is CN(C)c1nc2cc3nc4c(ccc5ccc6cc7cn8c(N(C)C)c(N(C)C)nc8cc7nc6c54)cc3cn2c1N(C)C. The molecule has 44 heavy (non-hydrogen) atoms. The molecule has 0 spiro atoms. The number of rotatable bonds is 4. The fourth-order valence-electron chi connectivity index (χ4n) is 6.45. The highest BCUT2D eigenvalue weighted by molar-refractivity contribution is 6.20. The van der Waals surface area contributed by atoms with E-state index in [0.717, 1.165) is 88.9 Å². The number of pyridine rings is 4. The highest BCUT2D eigenvalue weighted by Crippen LogP contribution is 2.36. The van der Waals surface area contributed by atoms with Gasteiger partial charge in [-0.3, -0.25) is 8.80 Å². The molecule has 0 bridgehead atoms. The van der Waals surface area contributed by atoms with Crippen LogP contribution in [-0.4, -0.2) is 85.1 Å². The third-order valence-corrected chi connectivity index (χ3v) is 8.43. The molecule has 8 rings (SSSR count). The maximum absolute atomic E-state index is 5.27. The number of imidazole rings is 2. The molecule has 0 aliphatic heterocycles. The molecule has 0 saturated heterocycles. The summed E-state index contributed by atoms with van der Waals surface area (Å²) in [6.45, 7) is 0. The Morgan fingerprint density at radius 3 is 1.25 bits per heavy atom. The summed E-state index contributed by atoms with van der Waals surface area (Å²) in [6, 6.07) is 17.3. The van der Waals surface area contributed by atoms with E-state index in [-0.39, 0.29) is 0 Å². The molecule has 0 radical (unpaired) electrons. The highest BCUT2D eigenvalue weighted by Gasteiger charge is 2.19. The van der Waals surface area contributed by atoms with Crippen molar-refractivity contribution in [2.75, 3.05) is 76.0 Å². The summed E-state index contributed by atoms with van der Waals surface area (Å²) in [5, 5.41) is 6.44. The van der Waals surface area contributed by atoms with Crippen LogP contribution in [0.3, 0.4) is 0 Å². The van der Waals surface area contributed by atoms with Crippen LogP contribution >= 0.6 is 0 Å². The van der Waals surface area contributed by atoms with E-state index in [9.17, 15) is 0 Å². The number of hydrogen-bond donors (Lipinski definition) is 0. The molecule has 0 N–H and O–H groups in total. The lowest BCUT2D eigenvalue weighted by molar-refractivity contribution is 1.01. The van der Waals surface area contributed by atoms with E-state index in [0.29, 0.717) is 0 Å². The number of anilines is 4. The Bertz CT molecular complexity index is 2300. The average molecular weight is 583 g/mol. The minimum Gasteiger partial charge on any atom is -0.361 e. The molecule has 6 aromatic heterocycles. The zero-order chi connectivity index (χ0) is 30.6. The minimum atomic E-state index is 0.865. The second kappa shape index (κ2) is 9.06. The van der Waals surface area contributed by atoms with Crippen molar-refractivity contribution >= 4 is 88.9 Å². The van der Waals surface area contributed by atoms with E-state index in [4.69, 9.17) is 19.9 Å². The third kappa shape index (κ3) is 3.66. The van der Waals surface area contributed by atoms with Gasteiger partial charge in [0.15, 0.2) is 23.3 Å². The van der Waals surface area contributed by atoms with Crippen molar-refractivity contribution < 1.29 is 0 Å². The summed E-state index contributed by atoms with van der Waals surface area (Å²) < 4.78 is 4.30. The molecule has 0 saturated carbocycles. The predicted octanol–water partition coefficient (Wildman–Crippen LogP) is 5.80. The quantitative estimate of drug-likeness (QED) is 0.190. The molecule has 6 heterocycles. The smallest absolute Gasteiger partial charge is 0.172 e. The maximum atomic E-state index is 5.27. The van der Waals surface area contributed by atoms with Crippen LogP contribution in [0.2, 0.25) is 0 Å². The molecule has 0 atom stereocenters. The normalized spacial score (nSPS) is 12.1. The molecule has 0 aliphatic rings. The summed E-state index contributed by atoms with van der Waals surface area (Å²) in [5.41, 5.74) is 5.42. The number of hydrogen-bond acceptors (Lipinski definition) is 8. The van der Waals surface area contributed by atoms with Gasteiger partial charge < -0.3 is 19.6 Å². The maximum Gasteiger partial charge on any atom is 0.172 e. The van der Waals surface area contributed by atoms with Gasteiger partial charge in [-0.25, -0.2) is 19.9 Å². The predicted molar refractivity (Wildman–Crippen MR) is 184 cm³/mol. The Hall–Kier alpha value is -5.38. The van der Waals surface area contributed by atoms with Gasteiger partial charge in [0.2, 0.25) is 0 Å². The Morgan fingerprint density at radius 2 is 0.864 bits per heavy atom. The highest BCUT2D eigenvalue weighted by atomic mass is 15.3. The molecule has 8 aromatic rings. The van der Waals surface area contributed by atoms with Crippen LogP contribution in [0.5, 0.6) is 0 Å². The fraction of sp³-hybridized carbons (Fsp3) is 0.235. The summed E-state index contributed by atoms with van der Waals surface area (Å²) in [5.74, 6) is 3.91. The number of fused-ring (bicyclic) bond motifs is 9. The third-order valence-electron chi connectivity index (χ3n) is 8.43. The second-order valence-corrected chi connectivity index (χ2v) is 12.4. The lowest BCUT2D eigenvalue weighted by Gasteiger charge is -2.18. The molecule has 220 valence electrons. The fourth-order valence-corrected chi connectivity index (χ4v) is 6.45. The van der Waals surface area contributed by atoms with Gasteiger partial charge in [0.25, 0.3) is 0 Å². The Balaban J connectivity index is 1.42. The van der Waals surface area contributed by atoms with Crippen molar-refractivity contribution in [2.45, 2.75) is 0 Å². The summed E-state index contributed by atoms with van der Waals surface area (Å²) in [6.07, 6.45) is 4.29. The molecule has 0 amide bonds. The first kappa shape index (κ1) is 26.3. The zero-order valence-electron chi connectivity index (χ0n) is 26.2. The van der Waals surface area contributed by atoms with E-state index in [1.54, 1.807) is 0 Å². The number of benzene rings is 2. The average Bonchev–Trinajstić information content (AvgIpc) is 3.55.